The van der Waals surface area contributed by atoms with Gasteiger partial charge in [0.15, 0.2) is 0 Å². The largest absolute Gasteiger partial charge is 0.496 e. The minimum Gasteiger partial charge on any atom is -0.496 e. The van der Waals surface area contributed by atoms with Crippen LogP contribution in [0.2, 0.25) is 0 Å². The highest BCUT2D eigenvalue weighted by atomic mass is 16.5. The van der Waals surface area contributed by atoms with Gasteiger partial charge in [0.25, 0.3) is 5.91 Å². The lowest BCUT2D eigenvalue weighted by Crippen LogP contribution is -2.38. The smallest absolute Gasteiger partial charge is 0.255 e. The molecule has 0 saturated heterocycles. The van der Waals surface area contributed by atoms with Gasteiger partial charge in [-0.25, -0.2) is 0 Å². The maximum absolute atomic E-state index is 12.3. The van der Waals surface area contributed by atoms with E-state index in [-0.39, 0.29) is 18.1 Å². The molecule has 0 atom stereocenters. The average molecular weight is 263 g/mol. The maximum atomic E-state index is 12.3. The molecule has 2 N–H and O–H groups in total. The van der Waals surface area contributed by atoms with E-state index in [0.29, 0.717) is 11.3 Å². The zero-order valence-corrected chi connectivity index (χ0v) is 11.5. The van der Waals surface area contributed by atoms with Crippen molar-refractivity contribution in [3.8, 4) is 5.75 Å². The minimum absolute atomic E-state index is 0.0954. The zero-order valence-electron chi connectivity index (χ0n) is 11.5. The Kier molecular flexibility index (Phi) is 4.43. The topological polar surface area (TPSA) is 58.6 Å². The van der Waals surface area contributed by atoms with Gasteiger partial charge in [-0.3, -0.25) is 4.79 Å². The van der Waals surface area contributed by atoms with Gasteiger partial charge in [0.05, 0.1) is 18.8 Å². The number of aliphatic hydroxyl groups is 1. The van der Waals surface area contributed by atoms with Crippen molar-refractivity contribution in [1.82, 2.24) is 5.32 Å². The SMILES string of the molecule is COc1ccc(C)cc1C(=O)NC1CCC(O)CC1. The van der Waals surface area contributed by atoms with Crippen molar-refractivity contribution in [2.45, 2.75) is 44.8 Å². The number of amides is 1. The van der Waals surface area contributed by atoms with Crippen molar-refractivity contribution >= 4 is 5.91 Å². The van der Waals surface area contributed by atoms with Crippen LogP contribution in [0.4, 0.5) is 0 Å². The van der Waals surface area contributed by atoms with E-state index in [4.69, 9.17) is 4.74 Å². The van der Waals surface area contributed by atoms with Gasteiger partial charge in [-0.15, -0.1) is 0 Å². The van der Waals surface area contributed by atoms with Crippen molar-refractivity contribution in [2.24, 2.45) is 0 Å². The van der Waals surface area contributed by atoms with E-state index in [0.717, 1.165) is 31.2 Å². The zero-order chi connectivity index (χ0) is 13.8. The summed E-state index contributed by atoms with van der Waals surface area (Å²) in [5, 5.41) is 12.5. The predicted octanol–water partition coefficient (Wildman–Crippen LogP) is 2.04. The Bertz CT molecular complexity index is 451. The van der Waals surface area contributed by atoms with Crippen LogP contribution in [0.25, 0.3) is 0 Å². The van der Waals surface area contributed by atoms with E-state index in [1.807, 2.05) is 25.1 Å². The minimum atomic E-state index is -0.207. The number of hydrogen-bond donors (Lipinski definition) is 2. The molecule has 1 aliphatic carbocycles. The van der Waals surface area contributed by atoms with Crippen LogP contribution in [-0.2, 0) is 0 Å². The predicted molar refractivity (Wildman–Crippen MR) is 73.5 cm³/mol. The van der Waals surface area contributed by atoms with E-state index < -0.39 is 0 Å². The number of methoxy groups -OCH3 is 1. The van der Waals surface area contributed by atoms with E-state index >= 15 is 0 Å². The Hall–Kier alpha value is -1.55. The molecule has 0 aromatic heterocycles. The summed E-state index contributed by atoms with van der Waals surface area (Å²) >= 11 is 0. The molecule has 4 nitrogen and oxygen atoms in total. The molecule has 2 rings (SSSR count). The van der Waals surface area contributed by atoms with Gasteiger partial charge in [0.2, 0.25) is 0 Å². The molecule has 104 valence electrons. The van der Waals surface area contributed by atoms with Crippen molar-refractivity contribution in [3.05, 3.63) is 29.3 Å². The first-order valence-electron chi connectivity index (χ1n) is 6.73. The van der Waals surface area contributed by atoms with E-state index in [1.165, 1.54) is 0 Å². The van der Waals surface area contributed by atoms with Crippen LogP contribution in [0.15, 0.2) is 18.2 Å². The van der Waals surface area contributed by atoms with Crippen LogP contribution < -0.4 is 10.1 Å². The Morgan fingerprint density at radius 1 is 1.32 bits per heavy atom. The van der Waals surface area contributed by atoms with Crippen LogP contribution >= 0.6 is 0 Å². The number of ether oxygens (including phenoxy) is 1. The number of nitrogens with one attached hydrogen (secondary N) is 1. The van der Waals surface area contributed by atoms with Crippen LogP contribution in [0.3, 0.4) is 0 Å². The Morgan fingerprint density at radius 2 is 2.00 bits per heavy atom. The lowest BCUT2D eigenvalue weighted by Gasteiger charge is -2.26. The fourth-order valence-corrected chi connectivity index (χ4v) is 2.48. The van der Waals surface area contributed by atoms with Crippen LogP contribution in [-0.4, -0.2) is 30.3 Å². The van der Waals surface area contributed by atoms with Crippen LogP contribution in [0.1, 0.15) is 41.6 Å². The molecule has 0 heterocycles. The summed E-state index contributed by atoms with van der Waals surface area (Å²) in [5.74, 6) is 0.501. The van der Waals surface area contributed by atoms with Crippen molar-refractivity contribution in [3.63, 3.8) is 0 Å². The molecule has 0 spiro atoms. The molecule has 4 heteroatoms. The van der Waals surface area contributed by atoms with E-state index in [9.17, 15) is 9.90 Å². The van der Waals surface area contributed by atoms with Gasteiger partial charge in [0, 0.05) is 6.04 Å². The first-order valence-corrected chi connectivity index (χ1v) is 6.73. The van der Waals surface area contributed by atoms with E-state index in [2.05, 4.69) is 5.32 Å². The van der Waals surface area contributed by atoms with Gasteiger partial charge in [-0.2, -0.15) is 0 Å². The number of rotatable bonds is 3. The van der Waals surface area contributed by atoms with Gasteiger partial charge in [0.1, 0.15) is 5.75 Å². The third-order valence-electron chi connectivity index (χ3n) is 3.63. The van der Waals surface area contributed by atoms with Gasteiger partial charge in [-0.05, 0) is 44.7 Å². The average Bonchev–Trinajstić information content (AvgIpc) is 2.41. The number of carbonyl (C=O) groups excluding carboxylic acids is 1. The van der Waals surface area contributed by atoms with E-state index in [1.54, 1.807) is 7.11 Å². The van der Waals surface area contributed by atoms with Crippen molar-refractivity contribution in [2.75, 3.05) is 7.11 Å². The summed E-state index contributed by atoms with van der Waals surface area (Å²) in [6.45, 7) is 1.95. The lowest BCUT2D eigenvalue weighted by atomic mass is 9.93. The summed E-state index contributed by atoms with van der Waals surface area (Å²) in [5.41, 5.74) is 1.61. The molecule has 1 aromatic carbocycles. The molecular formula is C15H21NO3. The molecule has 0 aliphatic heterocycles. The van der Waals surface area contributed by atoms with Gasteiger partial charge >= 0.3 is 0 Å². The van der Waals surface area contributed by atoms with Gasteiger partial charge < -0.3 is 15.2 Å². The molecule has 1 saturated carbocycles. The molecule has 0 radical (unpaired) electrons. The van der Waals surface area contributed by atoms with Gasteiger partial charge in [-0.1, -0.05) is 11.6 Å². The summed E-state index contributed by atoms with van der Waals surface area (Å²) in [6, 6.07) is 5.73. The fraction of sp³-hybridized carbons (Fsp3) is 0.533. The summed E-state index contributed by atoms with van der Waals surface area (Å²) in [6.07, 6.45) is 2.98. The standard InChI is InChI=1S/C15H21NO3/c1-10-3-8-14(19-2)13(9-10)15(18)16-11-4-6-12(17)7-5-11/h3,8-9,11-12,17H,4-7H2,1-2H3,(H,16,18). The fourth-order valence-electron chi connectivity index (χ4n) is 2.48. The van der Waals surface area contributed by atoms with Crippen LogP contribution in [0.5, 0.6) is 5.75 Å². The summed E-state index contributed by atoms with van der Waals surface area (Å²) < 4.78 is 5.23. The summed E-state index contributed by atoms with van der Waals surface area (Å²) in [4.78, 5) is 12.3. The summed E-state index contributed by atoms with van der Waals surface area (Å²) in [7, 11) is 1.57. The Labute approximate surface area is 113 Å². The third kappa shape index (κ3) is 3.47. The maximum Gasteiger partial charge on any atom is 0.255 e. The first kappa shape index (κ1) is 13.9. The second-order valence-electron chi connectivity index (χ2n) is 5.18. The third-order valence-corrected chi connectivity index (χ3v) is 3.63. The first-order chi connectivity index (χ1) is 9.10. The lowest BCUT2D eigenvalue weighted by molar-refractivity contribution is 0.0865. The molecule has 0 unspecified atom stereocenters. The molecule has 1 aliphatic rings. The number of carbonyl (C=O) groups is 1. The molecule has 0 bridgehead atoms. The number of aliphatic hydroxyl groups excluding tert-OH is 1. The molecular weight excluding hydrogens is 242 g/mol. The highest BCUT2D eigenvalue weighted by Gasteiger charge is 2.22. The van der Waals surface area contributed by atoms with Crippen molar-refractivity contribution in [1.29, 1.82) is 0 Å². The second-order valence-corrected chi connectivity index (χ2v) is 5.18. The Morgan fingerprint density at radius 3 is 2.63 bits per heavy atom. The highest BCUT2D eigenvalue weighted by Crippen LogP contribution is 2.22. The van der Waals surface area contributed by atoms with Crippen LogP contribution in [0, 0.1) is 6.92 Å². The Balaban J connectivity index is 2.05. The number of aryl methyl sites for hydroxylation is 1. The van der Waals surface area contributed by atoms with Crippen molar-refractivity contribution < 1.29 is 14.6 Å². The highest BCUT2D eigenvalue weighted by molar-refractivity contribution is 5.97. The molecule has 1 amide bonds. The molecule has 1 fully saturated rings. The molecule has 19 heavy (non-hydrogen) atoms. The quantitative estimate of drug-likeness (QED) is 0.877. The second kappa shape index (κ2) is 6.06. The molecule has 1 aromatic rings. The number of hydrogen-bond acceptors (Lipinski definition) is 3. The normalized spacial score (nSPS) is 22.9. The monoisotopic (exact) mass is 263 g/mol. The number of benzene rings is 1.